The Morgan fingerprint density at radius 3 is 1.53 bits per heavy atom. The van der Waals surface area contributed by atoms with Gasteiger partial charge in [-0.1, -0.05) is 103 Å². The predicted octanol–water partition coefficient (Wildman–Crippen LogP) is 13.6. The minimum Gasteiger partial charge on any atom is -0.455 e. The first kappa shape index (κ1) is 35.2. The van der Waals surface area contributed by atoms with Crippen molar-refractivity contribution < 1.29 is 30.8 Å². The number of nitrogens with zero attached hydrogens (tertiary/aromatic N) is 4. The van der Waals surface area contributed by atoms with Crippen molar-refractivity contribution in [2.45, 2.75) is 12.4 Å². The summed E-state index contributed by atoms with van der Waals surface area (Å²) in [6.07, 6.45) is -9.47. The number of benzene rings is 7. The highest BCUT2D eigenvalue weighted by Crippen LogP contribution is 2.43. The molecule has 0 radical (unpaired) electrons. The van der Waals surface area contributed by atoms with Gasteiger partial charge in [0, 0.05) is 43.8 Å². The molecule has 10 aromatic rings. The molecule has 0 atom stereocenters. The summed E-state index contributed by atoms with van der Waals surface area (Å²) >= 11 is 0. The highest BCUT2D eigenvalue weighted by Gasteiger charge is 2.34. The monoisotopic (exact) mass is 776 g/mol. The minimum atomic E-state index is -4.73. The van der Waals surface area contributed by atoms with Crippen LogP contribution in [0.2, 0.25) is 0 Å². The van der Waals surface area contributed by atoms with Gasteiger partial charge in [0.2, 0.25) is 0 Å². The van der Waals surface area contributed by atoms with Gasteiger partial charge in [-0.05, 0) is 60.2 Å². The number of halogens is 6. The molecule has 7 aromatic carbocycles. The normalized spacial score (nSPS) is 12.3. The average molecular weight is 777 g/mol. The summed E-state index contributed by atoms with van der Waals surface area (Å²) in [7, 11) is 0. The molecule has 58 heavy (non-hydrogen) atoms. The number of hydrogen-bond acceptors (Lipinski definition) is 4. The predicted molar refractivity (Wildman–Crippen MR) is 213 cm³/mol. The lowest BCUT2D eigenvalue weighted by atomic mass is 9.98. The van der Waals surface area contributed by atoms with Crippen LogP contribution in [0.4, 0.5) is 26.3 Å². The summed E-state index contributed by atoms with van der Waals surface area (Å²) in [5.41, 5.74) is 3.67. The van der Waals surface area contributed by atoms with Crippen molar-refractivity contribution in [1.82, 2.24) is 19.5 Å². The van der Waals surface area contributed by atoms with Crippen LogP contribution in [0.3, 0.4) is 0 Å². The number of aromatic nitrogens is 4. The largest absolute Gasteiger partial charge is 0.455 e. The third kappa shape index (κ3) is 5.94. The van der Waals surface area contributed by atoms with Crippen LogP contribution in [0.5, 0.6) is 0 Å². The second-order valence-electron chi connectivity index (χ2n) is 13.8. The van der Waals surface area contributed by atoms with Crippen LogP contribution in [-0.4, -0.2) is 19.5 Å². The molecule has 0 bridgehead atoms. The average Bonchev–Trinajstić information content (AvgIpc) is 3.78. The molecule has 0 aliphatic rings. The molecule has 0 spiro atoms. The first-order valence-electron chi connectivity index (χ1n) is 18.2. The number of para-hydroxylation sites is 2. The summed E-state index contributed by atoms with van der Waals surface area (Å²) in [5, 5.41) is 1.85. The number of rotatable bonds is 5. The molecule has 282 valence electrons. The molecular weight excluding hydrogens is 751 g/mol. The molecule has 3 aromatic heterocycles. The molecule has 0 saturated carbocycles. The van der Waals surface area contributed by atoms with Crippen molar-refractivity contribution in [1.29, 1.82) is 0 Å². The van der Waals surface area contributed by atoms with Gasteiger partial charge in [-0.2, -0.15) is 26.3 Å². The zero-order chi connectivity index (χ0) is 39.8. The van der Waals surface area contributed by atoms with E-state index < -0.39 is 23.5 Å². The Kier molecular flexibility index (Phi) is 7.98. The fraction of sp³-hybridized carbons (Fsp3) is 0.0426. The maximum absolute atomic E-state index is 14.1. The number of hydrogen-bond donors (Lipinski definition) is 0. The van der Waals surface area contributed by atoms with Gasteiger partial charge in [0.05, 0.1) is 27.8 Å². The molecule has 10 rings (SSSR count). The molecule has 0 aliphatic carbocycles. The van der Waals surface area contributed by atoms with Gasteiger partial charge in [-0.15, -0.1) is 0 Å². The molecule has 0 amide bonds. The van der Waals surface area contributed by atoms with E-state index in [1.165, 1.54) is 12.1 Å². The second-order valence-corrected chi connectivity index (χ2v) is 13.8. The highest BCUT2D eigenvalue weighted by molar-refractivity contribution is 6.11. The van der Waals surface area contributed by atoms with E-state index in [1.54, 1.807) is 10.6 Å². The molecular formula is C47H26F6N4O. The van der Waals surface area contributed by atoms with E-state index in [0.717, 1.165) is 40.6 Å². The van der Waals surface area contributed by atoms with E-state index in [9.17, 15) is 26.3 Å². The van der Waals surface area contributed by atoms with E-state index in [0.29, 0.717) is 50.8 Å². The Hall–Kier alpha value is -7.27. The SMILES string of the molecule is FC(F)(F)c1ccc2c(c1)c1cc(C(F)(F)F)ccc1n2-c1ccc(-c2cccc3c2oc2ccccc23)cc1-c1nc(-c2ccccc2)nc(-c2ccccc2)n1. The molecule has 0 unspecified atom stereocenters. The topological polar surface area (TPSA) is 56.7 Å². The van der Waals surface area contributed by atoms with E-state index in [2.05, 4.69) is 0 Å². The third-order valence-electron chi connectivity index (χ3n) is 10.3. The van der Waals surface area contributed by atoms with E-state index in [-0.39, 0.29) is 27.6 Å². The fourth-order valence-electron chi connectivity index (χ4n) is 7.62. The van der Waals surface area contributed by atoms with Crippen molar-refractivity contribution in [2.24, 2.45) is 0 Å². The van der Waals surface area contributed by atoms with Crippen LogP contribution in [0, 0.1) is 0 Å². The van der Waals surface area contributed by atoms with E-state index in [4.69, 9.17) is 19.4 Å². The van der Waals surface area contributed by atoms with Crippen LogP contribution in [0.15, 0.2) is 162 Å². The highest BCUT2D eigenvalue weighted by atomic mass is 19.4. The number of fused-ring (bicyclic) bond motifs is 6. The molecule has 0 N–H and O–H groups in total. The first-order valence-corrected chi connectivity index (χ1v) is 18.2. The van der Waals surface area contributed by atoms with Crippen molar-refractivity contribution >= 4 is 43.7 Å². The lowest BCUT2D eigenvalue weighted by Crippen LogP contribution is -2.05. The molecule has 0 saturated heterocycles. The standard InChI is InChI=1S/C47H26F6N4O/c48-46(49,50)30-19-22-38-35(25-30)36-26-31(47(51,52)53)20-23-39(36)57(38)40-21-18-29(32-15-9-16-34-33-14-7-8-17-41(33)58-42(32)34)24-37(40)45-55-43(27-10-3-1-4-11-27)54-44(56-45)28-12-5-2-6-13-28/h1-26H. The maximum Gasteiger partial charge on any atom is 0.416 e. The summed E-state index contributed by atoms with van der Waals surface area (Å²) in [6.45, 7) is 0. The van der Waals surface area contributed by atoms with E-state index >= 15 is 0 Å². The van der Waals surface area contributed by atoms with Crippen molar-refractivity contribution in [3.05, 3.63) is 169 Å². The molecule has 11 heteroatoms. The second kappa shape index (κ2) is 13.2. The lowest BCUT2D eigenvalue weighted by molar-refractivity contribution is -0.138. The molecule has 3 heterocycles. The maximum atomic E-state index is 14.1. The lowest BCUT2D eigenvalue weighted by Gasteiger charge is -2.17. The minimum absolute atomic E-state index is 0.00332. The van der Waals surface area contributed by atoms with Gasteiger partial charge in [-0.3, -0.25) is 0 Å². The van der Waals surface area contributed by atoms with Crippen LogP contribution in [0.1, 0.15) is 11.1 Å². The van der Waals surface area contributed by atoms with Crippen molar-refractivity contribution in [3.63, 3.8) is 0 Å². The molecule has 0 fully saturated rings. The van der Waals surface area contributed by atoms with Gasteiger partial charge in [0.15, 0.2) is 17.5 Å². The fourth-order valence-corrected chi connectivity index (χ4v) is 7.62. The summed E-state index contributed by atoms with van der Waals surface area (Å²) < 4.78 is 92.8. The number of alkyl halides is 6. The Bertz CT molecular complexity index is 3080. The molecule has 0 aliphatic heterocycles. The smallest absolute Gasteiger partial charge is 0.416 e. The molecule has 5 nitrogen and oxygen atoms in total. The third-order valence-corrected chi connectivity index (χ3v) is 10.3. The van der Waals surface area contributed by atoms with Crippen LogP contribution >= 0.6 is 0 Å². The zero-order valence-electron chi connectivity index (χ0n) is 30.0. The quantitative estimate of drug-likeness (QED) is 0.163. The zero-order valence-corrected chi connectivity index (χ0v) is 30.0. The van der Waals surface area contributed by atoms with Gasteiger partial charge in [-0.25, -0.2) is 15.0 Å². The Morgan fingerprint density at radius 2 is 0.948 bits per heavy atom. The van der Waals surface area contributed by atoms with Crippen LogP contribution in [-0.2, 0) is 12.4 Å². The van der Waals surface area contributed by atoms with Gasteiger partial charge in [0.1, 0.15) is 11.2 Å². The van der Waals surface area contributed by atoms with Gasteiger partial charge in [0.25, 0.3) is 0 Å². The van der Waals surface area contributed by atoms with Gasteiger partial charge < -0.3 is 8.98 Å². The van der Waals surface area contributed by atoms with Crippen LogP contribution in [0.25, 0.3) is 94.7 Å². The van der Waals surface area contributed by atoms with Gasteiger partial charge >= 0.3 is 12.4 Å². The Labute approximate surface area is 325 Å². The van der Waals surface area contributed by atoms with E-state index in [1.807, 2.05) is 115 Å². The Balaban J connectivity index is 1.30. The summed E-state index contributed by atoms with van der Waals surface area (Å²) in [5.74, 6) is 0.967. The summed E-state index contributed by atoms with van der Waals surface area (Å²) in [6, 6.07) is 44.0. The summed E-state index contributed by atoms with van der Waals surface area (Å²) in [4.78, 5) is 14.8. The van der Waals surface area contributed by atoms with Crippen LogP contribution < -0.4 is 0 Å². The van der Waals surface area contributed by atoms with Crippen molar-refractivity contribution in [2.75, 3.05) is 0 Å². The van der Waals surface area contributed by atoms with Crippen molar-refractivity contribution in [3.8, 4) is 51.0 Å². The Morgan fingerprint density at radius 1 is 0.414 bits per heavy atom. The first-order chi connectivity index (χ1) is 28.0. The number of furan rings is 1.